The molecule has 1 aliphatic rings. The van der Waals surface area contributed by atoms with Crippen LogP contribution in [0.25, 0.3) is 0 Å². The Morgan fingerprint density at radius 1 is 1.78 bits per heavy atom. The zero-order chi connectivity index (χ0) is 6.53. The Morgan fingerprint density at radius 3 is 3.22 bits per heavy atom. The van der Waals surface area contributed by atoms with E-state index >= 15 is 0 Å². The summed E-state index contributed by atoms with van der Waals surface area (Å²) in [5, 5.41) is 2.87. The second-order valence-electron chi connectivity index (χ2n) is 1.73. The van der Waals surface area contributed by atoms with Crippen molar-refractivity contribution in [1.29, 1.82) is 0 Å². The molecule has 3 nitrogen and oxygen atoms in total. The first-order valence-electron chi connectivity index (χ1n) is 2.92. The summed E-state index contributed by atoms with van der Waals surface area (Å²) in [7, 11) is 0. The van der Waals surface area contributed by atoms with Crippen molar-refractivity contribution in [3.63, 3.8) is 0 Å². The SMILES string of the molecule is C=CNC1=NCCOC1. The maximum atomic E-state index is 5.09. The molecule has 3 heteroatoms. The summed E-state index contributed by atoms with van der Waals surface area (Å²) in [4.78, 5) is 4.13. The first kappa shape index (κ1) is 6.29. The molecule has 0 aromatic carbocycles. The van der Waals surface area contributed by atoms with Gasteiger partial charge in [-0.05, 0) is 6.20 Å². The van der Waals surface area contributed by atoms with Crippen molar-refractivity contribution in [2.45, 2.75) is 0 Å². The van der Waals surface area contributed by atoms with E-state index in [0.29, 0.717) is 6.61 Å². The van der Waals surface area contributed by atoms with E-state index in [9.17, 15) is 0 Å². The standard InChI is InChI=1S/C6H10N2O/c1-2-7-6-5-9-4-3-8-6/h2H,1,3-5H2,(H,7,8). The minimum absolute atomic E-state index is 0.589. The highest BCUT2D eigenvalue weighted by molar-refractivity contribution is 5.84. The first-order chi connectivity index (χ1) is 4.43. The van der Waals surface area contributed by atoms with Crippen molar-refractivity contribution in [3.8, 4) is 0 Å². The fourth-order valence-corrected chi connectivity index (χ4v) is 0.665. The summed E-state index contributed by atoms with van der Waals surface area (Å²) < 4.78 is 5.09. The van der Waals surface area contributed by atoms with Gasteiger partial charge in [-0.2, -0.15) is 0 Å². The fourth-order valence-electron chi connectivity index (χ4n) is 0.665. The minimum Gasteiger partial charge on any atom is -0.372 e. The van der Waals surface area contributed by atoms with Crippen molar-refractivity contribution in [2.24, 2.45) is 4.99 Å². The highest BCUT2D eigenvalue weighted by Gasteiger charge is 2.00. The quantitative estimate of drug-likeness (QED) is 0.542. The van der Waals surface area contributed by atoms with Gasteiger partial charge in [-0.1, -0.05) is 6.58 Å². The summed E-state index contributed by atoms with van der Waals surface area (Å²) in [6.07, 6.45) is 1.60. The van der Waals surface area contributed by atoms with E-state index in [0.717, 1.165) is 19.0 Å². The van der Waals surface area contributed by atoms with Gasteiger partial charge in [0.2, 0.25) is 0 Å². The Morgan fingerprint density at radius 2 is 2.67 bits per heavy atom. The van der Waals surface area contributed by atoms with Crippen LogP contribution in [-0.4, -0.2) is 25.6 Å². The van der Waals surface area contributed by atoms with Crippen molar-refractivity contribution < 1.29 is 4.74 Å². The van der Waals surface area contributed by atoms with Gasteiger partial charge >= 0.3 is 0 Å². The number of hydrogen-bond acceptors (Lipinski definition) is 3. The van der Waals surface area contributed by atoms with Gasteiger partial charge in [0.05, 0.1) is 13.2 Å². The van der Waals surface area contributed by atoms with E-state index < -0.39 is 0 Å². The number of nitrogens with one attached hydrogen (secondary N) is 1. The van der Waals surface area contributed by atoms with Gasteiger partial charge < -0.3 is 10.1 Å². The van der Waals surface area contributed by atoms with E-state index in [1.54, 1.807) is 6.20 Å². The lowest BCUT2D eigenvalue weighted by molar-refractivity contribution is 0.169. The number of amidine groups is 1. The van der Waals surface area contributed by atoms with Gasteiger partial charge in [0.1, 0.15) is 12.4 Å². The zero-order valence-corrected chi connectivity index (χ0v) is 5.26. The molecule has 50 valence electrons. The predicted octanol–water partition coefficient (Wildman–Crippen LogP) is 0.148. The van der Waals surface area contributed by atoms with E-state index in [1.807, 2.05) is 0 Å². The smallest absolute Gasteiger partial charge is 0.127 e. The summed E-state index contributed by atoms with van der Waals surface area (Å²) in [6, 6.07) is 0. The third kappa shape index (κ3) is 1.85. The third-order valence-electron chi connectivity index (χ3n) is 1.05. The van der Waals surface area contributed by atoms with Gasteiger partial charge in [-0.25, -0.2) is 0 Å². The molecule has 0 atom stereocenters. The average Bonchev–Trinajstić information content (AvgIpc) is 1.91. The molecule has 0 unspecified atom stereocenters. The molecule has 0 amide bonds. The molecule has 0 saturated heterocycles. The first-order valence-corrected chi connectivity index (χ1v) is 2.92. The van der Waals surface area contributed by atoms with Crippen LogP contribution in [0.3, 0.4) is 0 Å². The highest BCUT2D eigenvalue weighted by Crippen LogP contribution is 1.87. The largest absolute Gasteiger partial charge is 0.372 e. The Kier molecular flexibility index (Phi) is 2.27. The molecule has 0 aromatic rings. The molecule has 0 spiro atoms. The molecule has 1 aliphatic heterocycles. The molecular weight excluding hydrogens is 116 g/mol. The van der Waals surface area contributed by atoms with E-state index in [-0.39, 0.29) is 0 Å². The van der Waals surface area contributed by atoms with Gasteiger partial charge in [0.25, 0.3) is 0 Å². The number of rotatable bonds is 1. The second kappa shape index (κ2) is 3.25. The van der Waals surface area contributed by atoms with Crippen LogP contribution < -0.4 is 5.32 Å². The molecule has 9 heavy (non-hydrogen) atoms. The summed E-state index contributed by atoms with van der Waals surface area (Å²) in [5.41, 5.74) is 0. The summed E-state index contributed by atoms with van der Waals surface area (Å²) in [6.45, 7) is 5.60. The van der Waals surface area contributed by atoms with E-state index in [2.05, 4.69) is 16.9 Å². The van der Waals surface area contributed by atoms with E-state index in [1.165, 1.54) is 0 Å². The Bertz CT molecular complexity index is 131. The maximum absolute atomic E-state index is 5.09. The Labute approximate surface area is 54.4 Å². The molecule has 0 aliphatic carbocycles. The van der Waals surface area contributed by atoms with Crippen LogP contribution in [-0.2, 0) is 4.74 Å². The average molecular weight is 126 g/mol. The molecule has 0 saturated carbocycles. The monoisotopic (exact) mass is 126 g/mol. The molecule has 1 rings (SSSR count). The number of hydrogen-bond donors (Lipinski definition) is 1. The molecule has 0 bridgehead atoms. The summed E-state index contributed by atoms with van der Waals surface area (Å²) in [5.74, 6) is 0.872. The molecular formula is C6H10N2O. The van der Waals surface area contributed by atoms with Crippen LogP contribution in [0.2, 0.25) is 0 Å². The molecule has 0 fully saturated rings. The predicted molar refractivity (Wildman–Crippen MR) is 36.5 cm³/mol. The van der Waals surface area contributed by atoms with Crippen LogP contribution in [0.4, 0.5) is 0 Å². The summed E-state index contributed by atoms with van der Waals surface area (Å²) >= 11 is 0. The number of ether oxygens (including phenoxy) is 1. The van der Waals surface area contributed by atoms with Crippen LogP contribution >= 0.6 is 0 Å². The number of aliphatic imine (C=N–C) groups is 1. The minimum atomic E-state index is 0.589. The normalized spacial score (nSPS) is 18.4. The van der Waals surface area contributed by atoms with Crippen LogP contribution in [0.5, 0.6) is 0 Å². The van der Waals surface area contributed by atoms with Gasteiger partial charge in [0, 0.05) is 0 Å². The number of nitrogens with zero attached hydrogens (tertiary/aromatic N) is 1. The topological polar surface area (TPSA) is 33.6 Å². The van der Waals surface area contributed by atoms with Crippen LogP contribution in [0.1, 0.15) is 0 Å². The van der Waals surface area contributed by atoms with Crippen molar-refractivity contribution in [2.75, 3.05) is 19.8 Å². The van der Waals surface area contributed by atoms with Gasteiger partial charge in [-0.15, -0.1) is 0 Å². The van der Waals surface area contributed by atoms with Crippen molar-refractivity contribution in [3.05, 3.63) is 12.8 Å². The third-order valence-corrected chi connectivity index (χ3v) is 1.05. The fraction of sp³-hybridized carbons (Fsp3) is 0.500. The lowest BCUT2D eigenvalue weighted by Crippen LogP contribution is -2.27. The molecule has 1 heterocycles. The highest BCUT2D eigenvalue weighted by atomic mass is 16.5. The molecule has 0 radical (unpaired) electrons. The van der Waals surface area contributed by atoms with Gasteiger partial charge in [0.15, 0.2) is 0 Å². The second-order valence-corrected chi connectivity index (χ2v) is 1.73. The Balaban J connectivity index is 2.36. The Hall–Kier alpha value is -0.830. The van der Waals surface area contributed by atoms with E-state index in [4.69, 9.17) is 4.74 Å². The van der Waals surface area contributed by atoms with Crippen molar-refractivity contribution >= 4 is 5.84 Å². The molecule has 0 aromatic heterocycles. The lowest BCUT2D eigenvalue weighted by atomic mass is 10.5. The maximum Gasteiger partial charge on any atom is 0.127 e. The molecule has 1 N–H and O–H groups in total. The van der Waals surface area contributed by atoms with Gasteiger partial charge in [-0.3, -0.25) is 4.99 Å². The lowest BCUT2D eigenvalue weighted by Gasteiger charge is -2.11. The zero-order valence-electron chi connectivity index (χ0n) is 5.26. The van der Waals surface area contributed by atoms with Crippen molar-refractivity contribution in [1.82, 2.24) is 5.32 Å². The van der Waals surface area contributed by atoms with Crippen LogP contribution in [0, 0.1) is 0 Å². The van der Waals surface area contributed by atoms with Crippen LogP contribution in [0.15, 0.2) is 17.8 Å².